The summed E-state index contributed by atoms with van der Waals surface area (Å²) in [6, 6.07) is 8.19. The number of aromatic nitrogens is 1. The predicted octanol–water partition coefficient (Wildman–Crippen LogP) is 2.67. The molecule has 5 heteroatoms. The SMILES string of the molecule is COc1cc([N+](=O)[O-])ccc1-c1ccncc1. The van der Waals surface area contributed by atoms with E-state index in [1.165, 1.54) is 19.2 Å². The first-order valence-electron chi connectivity index (χ1n) is 4.95. The van der Waals surface area contributed by atoms with Crippen molar-refractivity contribution in [1.29, 1.82) is 0 Å². The Bertz CT molecular complexity index is 541. The van der Waals surface area contributed by atoms with Crippen LogP contribution in [0.15, 0.2) is 42.7 Å². The fraction of sp³-hybridized carbons (Fsp3) is 0.0833. The maximum absolute atomic E-state index is 10.7. The Kier molecular flexibility index (Phi) is 3.00. The van der Waals surface area contributed by atoms with Crippen LogP contribution in [-0.2, 0) is 0 Å². The van der Waals surface area contributed by atoms with E-state index in [1.54, 1.807) is 18.5 Å². The van der Waals surface area contributed by atoms with Crippen molar-refractivity contribution in [3.05, 3.63) is 52.8 Å². The molecule has 0 amide bonds. The Morgan fingerprint density at radius 3 is 2.53 bits per heavy atom. The van der Waals surface area contributed by atoms with Gasteiger partial charge in [-0.3, -0.25) is 15.1 Å². The minimum Gasteiger partial charge on any atom is -0.496 e. The number of hydrogen-bond acceptors (Lipinski definition) is 4. The van der Waals surface area contributed by atoms with Crippen LogP contribution in [-0.4, -0.2) is 17.0 Å². The van der Waals surface area contributed by atoms with Crippen molar-refractivity contribution in [2.45, 2.75) is 0 Å². The smallest absolute Gasteiger partial charge is 0.273 e. The minimum absolute atomic E-state index is 0.0136. The first-order valence-corrected chi connectivity index (χ1v) is 4.95. The number of methoxy groups -OCH3 is 1. The fourth-order valence-corrected chi connectivity index (χ4v) is 1.56. The second-order valence-corrected chi connectivity index (χ2v) is 3.38. The number of nitrogens with zero attached hydrogens (tertiary/aromatic N) is 2. The summed E-state index contributed by atoms with van der Waals surface area (Å²) in [7, 11) is 1.49. The molecule has 0 radical (unpaired) electrons. The van der Waals surface area contributed by atoms with E-state index in [0.717, 1.165) is 11.1 Å². The summed E-state index contributed by atoms with van der Waals surface area (Å²) in [5.74, 6) is 0.477. The Balaban J connectivity index is 2.52. The van der Waals surface area contributed by atoms with Crippen molar-refractivity contribution in [1.82, 2.24) is 4.98 Å². The second kappa shape index (κ2) is 4.61. The maximum atomic E-state index is 10.7. The molecule has 2 rings (SSSR count). The molecule has 1 heterocycles. The van der Waals surface area contributed by atoms with Crippen LogP contribution in [0.5, 0.6) is 5.75 Å². The third-order valence-electron chi connectivity index (χ3n) is 2.39. The van der Waals surface area contributed by atoms with Gasteiger partial charge in [-0.2, -0.15) is 0 Å². The zero-order chi connectivity index (χ0) is 12.3. The van der Waals surface area contributed by atoms with Gasteiger partial charge in [0.05, 0.1) is 18.1 Å². The molecule has 0 atom stereocenters. The summed E-state index contributed by atoms with van der Waals surface area (Å²) >= 11 is 0. The highest BCUT2D eigenvalue weighted by molar-refractivity contribution is 5.71. The van der Waals surface area contributed by atoms with Gasteiger partial charge in [0.1, 0.15) is 5.75 Å². The number of nitro groups is 1. The van der Waals surface area contributed by atoms with Crippen molar-refractivity contribution in [2.24, 2.45) is 0 Å². The van der Waals surface area contributed by atoms with Crippen LogP contribution in [0, 0.1) is 10.1 Å². The molecule has 0 spiro atoms. The van der Waals surface area contributed by atoms with Gasteiger partial charge >= 0.3 is 0 Å². The Hall–Kier alpha value is -2.43. The Morgan fingerprint density at radius 2 is 1.94 bits per heavy atom. The topological polar surface area (TPSA) is 65.3 Å². The molecule has 0 unspecified atom stereocenters. The number of non-ortho nitro benzene ring substituents is 1. The monoisotopic (exact) mass is 230 g/mol. The van der Waals surface area contributed by atoms with Gasteiger partial charge in [-0.1, -0.05) is 0 Å². The van der Waals surface area contributed by atoms with E-state index in [9.17, 15) is 10.1 Å². The molecule has 0 N–H and O–H groups in total. The van der Waals surface area contributed by atoms with Crippen LogP contribution in [0.1, 0.15) is 0 Å². The van der Waals surface area contributed by atoms with Crippen molar-refractivity contribution in [2.75, 3.05) is 7.11 Å². The van der Waals surface area contributed by atoms with E-state index in [4.69, 9.17) is 4.74 Å². The highest BCUT2D eigenvalue weighted by Gasteiger charge is 2.12. The lowest BCUT2D eigenvalue weighted by Crippen LogP contribution is -1.92. The van der Waals surface area contributed by atoms with E-state index >= 15 is 0 Å². The highest BCUT2D eigenvalue weighted by atomic mass is 16.6. The molecule has 0 aliphatic heterocycles. The van der Waals surface area contributed by atoms with E-state index in [-0.39, 0.29) is 5.69 Å². The molecule has 0 fully saturated rings. The fourth-order valence-electron chi connectivity index (χ4n) is 1.56. The summed E-state index contributed by atoms with van der Waals surface area (Å²) in [4.78, 5) is 14.1. The molecule has 0 bridgehead atoms. The van der Waals surface area contributed by atoms with Crippen LogP contribution < -0.4 is 4.74 Å². The third-order valence-corrected chi connectivity index (χ3v) is 2.39. The summed E-state index contributed by atoms with van der Waals surface area (Å²) in [6.07, 6.45) is 3.33. The molecular weight excluding hydrogens is 220 g/mol. The normalized spacial score (nSPS) is 9.94. The lowest BCUT2D eigenvalue weighted by Gasteiger charge is -2.07. The first-order chi connectivity index (χ1) is 8.22. The van der Waals surface area contributed by atoms with Gasteiger partial charge in [0.15, 0.2) is 0 Å². The lowest BCUT2D eigenvalue weighted by atomic mass is 10.1. The zero-order valence-corrected chi connectivity index (χ0v) is 9.16. The molecule has 0 saturated carbocycles. The van der Waals surface area contributed by atoms with Gasteiger partial charge in [0.25, 0.3) is 5.69 Å². The van der Waals surface area contributed by atoms with E-state index < -0.39 is 4.92 Å². The van der Waals surface area contributed by atoms with E-state index in [1.807, 2.05) is 12.1 Å². The van der Waals surface area contributed by atoms with Gasteiger partial charge in [-0.15, -0.1) is 0 Å². The summed E-state index contributed by atoms with van der Waals surface area (Å²) in [5.41, 5.74) is 1.73. The molecule has 1 aromatic carbocycles. The first kappa shape index (κ1) is 11.1. The van der Waals surface area contributed by atoms with Crippen LogP contribution in [0.2, 0.25) is 0 Å². The zero-order valence-electron chi connectivity index (χ0n) is 9.16. The molecule has 0 aliphatic rings. The molecule has 86 valence electrons. The Morgan fingerprint density at radius 1 is 1.24 bits per heavy atom. The number of hydrogen-bond donors (Lipinski definition) is 0. The maximum Gasteiger partial charge on any atom is 0.273 e. The average molecular weight is 230 g/mol. The van der Waals surface area contributed by atoms with Crippen molar-refractivity contribution in [3.63, 3.8) is 0 Å². The molecule has 5 nitrogen and oxygen atoms in total. The van der Waals surface area contributed by atoms with Gasteiger partial charge in [0.2, 0.25) is 0 Å². The quantitative estimate of drug-likeness (QED) is 0.600. The Labute approximate surface area is 97.8 Å². The summed E-state index contributed by atoms with van der Waals surface area (Å²) < 4.78 is 5.17. The van der Waals surface area contributed by atoms with Gasteiger partial charge in [0, 0.05) is 24.0 Å². The number of nitro benzene ring substituents is 1. The number of rotatable bonds is 3. The number of ether oxygens (including phenoxy) is 1. The van der Waals surface area contributed by atoms with Crippen LogP contribution >= 0.6 is 0 Å². The predicted molar refractivity (Wildman–Crippen MR) is 62.9 cm³/mol. The number of benzene rings is 1. The van der Waals surface area contributed by atoms with Crippen molar-refractivity contribution >= 4 is 5.69 Å². The van der Waals surface area contributed by atoms with E-state index in [2.05, 4.69) is 4.98 Å². The molecule has 2 aromatic rings. The van der Waals surface area contributed by atoms with Crippen LogP contribution in [0.4, 0.5) is 5.69 Å². The average Bonchev–Trinajstić information content (AvgIpc) is 2.39. The third kappa shape index (κ3) is 2.23. The van der Waals surface area contributed by atoms with Crippen molar-refractivity contribution < 1.29 is 9.66 Å². The van der Waals surface area contributed by atoms with Gasteiger partial charge in [-0.05, 0) is 23.8 Å². The van der Waals surface area contributed by atoms with E-state index in [0.29, 0.717) is 5.75 Å². The van der Waals surface area contributed by atoms with Crippen LogP contribution in [0.3, 0.4) is 0 Å². The molecule has 17 heavy (non-hydrogen) atoms. The second-order valence-electron chi connectivity index (χ2n) is 3.38. The molecule has 1 aromatic heterocycles. The molecular formula is C12H10N2O3. The van der Waals surface area contributed by atoms with Crippen LogP contribution in [0.25, 0.3) is 11.1 Å². The molecule has 0 aliphatic carbocycles. The van der Waals surface area contributed by atoms with Crippen molar-refractivity contribution in [3.8, 4) is 16.9 Å². The van der Waals surface area contributed by atoms with Gasteiger partial charge in [-0.25, -0.2) is 0 Å². The lowest BCUT2D eigenvalue weighted by molar-refractivity contribution is -0.384. The minimum atomic E-state index is -0.446. The summed E-state index contributed by atoms with van der Waals surface area (Å²) in [6.45, 7) is 0. The standard InChI is InChI=1S/C12H10N2O3/c1-17-12-8-10(14(15)16)2-3-11(12)9-4-6-13-7-5-9/h2-8H,1H3. The molecule has 0 saturated heterocycles. The highest BCUT2D eigenvalue weighted by Crippen LogP contribution is 2.32. The summed E-state index contributed by atoms with van der Waals surface area (Å²) in [5, 5.41) is 10.7. The largest absolute Gasteiger partial charge is 0.496 e. The van der Waals surface area contributed by atoms with Gasteiger partial charge < -0.3 is 4.74 Å². The number of pyridine rings is 1.